The second-order valence-corrected chi connectivity index (χ2v) is 9.41. The van der Waals surface area contributed by atoms with Crippen LogP contribution in [0, 0.1) is 0 Å². The lowest BCUT2D eigenvalue weighted by molar-refractivity contribution is 0.0995. The van der Waals surface area contributed by atoms with Crippen LogP contribution in [-0.2, 0) is 10.0 Å². The average molecular weight is 500 g/mol. The number of halogens is 2. The fraction of sp³-hybridized carbons (Fsp3) is 0. The number of rotatable bonds is 5. The molecule has 0 saturated carbocycles. The number of carbonyl (C=O) groups is 1. The molecule has 0 spiro atoms. The van der Waals surface area contributed by atoms with E-state index < -0.39 is 15.9 Å². The zero-order chi connectivity index (χ0) is 23.6. The second-order valence-electron chi connectivity index (χ2n) is 6.88. The van der Waals surface area contributed by atoms with Crippen molar-refractivity contribution in [3.63, 3.8) is 0 Å². The molecule has 0 radical (unpaired) electrons. The molecule has 1 amide bonds. The van der Waals surface area contributed by atoms with Crippen LogP contribution in [0.5, 0.6) is 5.75 Å². The first-order chi connectivity index (χ1) is 15.8. The summed E-state index contributed by atoms with van der Waals surface area (Å²) in [4.78, 5) is 12.4. The van der Waals surface area contributed by atoms with Crippen molar-refractivity contribution in [2.45, 2.75) is 4.90 Å². The van der Waals surface area contributed by atoms with E-state index in [1.807, 2.05) is 0 Å². The van der Waals surface area contributed by atoms with Gasteiger partial charge in [0.25, 0.3) is 15.9 Å². The molecule has 7 nitrogen and oxygen atoms in total. The average Bonchev–Trinajstić information content (AvgIpc) is 2.80. The van der Waals surface area contributed by atoms with Gasteiger partial charge in [0.1, 0.15) is 5.69 Å². The standard InChI is InChI=1S/C23H15Cl2N3O4S/c24-14-9-11-15(12-10-14)33(31,32)28-20-13-21(22(29)17-6-2-1-5-16(17)20)26-27-23(30)18-7-3-4-8-19(18)25/h1-13,28-29H. The summed E-state index contributed by atoms with van der Waals surface area (Å²) in [5, 5.41) is 19.6. The van der Waals surface area contributed by atoms with Gasteiger partial charge >= 0.3 is 0 Å². The minimum Gasteiger partial charge on any atom is -0.505 e. The largest absolute Gasteiger partial charge is 0.505 e. The number of phenolic OH excluding ortho intramolecular Hbond substituents is 1. The van der Waals surface area contributed by atoms with Crippen LogP contribution in [0.1, 0.15) is 10.4 Å². The molecule has 4 rings (SSSR count). The number of azo groups is 1. The smallest absolute Gasteiger partial charge is 0.296 e. The van der Waals surface area contributed by atoms with E-state index in [0.29, 0.717) is 15.8 Å². The highest BCUT2D eigenvalue weighted by molar-refractivity contribution is 7.92. The third-order valence-corrected chi connectivity index (χ3v) is 6.68. The number of sulfonamides is 1. The summed E-state index contributed by atoms with van der Waals surface area (Å²) in [7, 11) is -3.98. The van der Waals surface area contributed by atoms with Gasteiger partial charge in [-0.25, -0.2) is 8.42 Å². The number of benzene rings is 4. The predicted molar refractivity (Wildman–Crippen MR) is 128 cm³/mol. The molecule has 0 heterocycles. The molecule has 0 saturated heterocycles. The van der Waals surface area contributed by atoms with E-state index in [0.717, 1.165) is 0 Å². The van der Waals surface area contributed by atoms with E-state index in [-0.39, 0.29) is 32.6 Å². The highest BCUT2D eigenvalue weighted by Gasteiger charge is 2.19. The number of amides is 1. The highest BCUT2D eigenvalue weighted by atomic mass is 35.5. The first-order valence-corrected chi connectivity index (χ1v) is 11.7. The zero-order valence-corrected chi connectivity index (χ0v) is 19.1. The van der Waals surface area contributed by atoms with Gasteiger partial charge in [0.15, 0.2) is 5.75 Å². The van der Waals surface area contributed by atoms with Crippen LogP contribution in [0.2, 0.25) is 10.0 Å². The third-order valence-electron chi connectivity index (χ3n) is 4.72. The fourth-order valence-corrected chi connectivity index (χ4v) is 4.52. The van der Waals surface area contributed by atoms with Crippen LogP contribution in [0.25, 0.3) is 10.8 Å². The topological polar surface area (TPSA) is 108 Å². The van der Waals surface area contributed by atoms with Crippen LogP contribution in [0.3, 0.4) is 0 Å². The minimum atomic E-state index is -3.98. The molecule has 10 heteroatoms. The molecule has 0 aromatic heterocycles. The quantitative estimate of drug-likeness (QED) is 0.238. The Kier molecular flexibility index (Phi) is 6.33. The molecule has 166 valence electrons. The van der Waals surface area contributed by atoms with Crippen LogP contribution in [0.4, 0.5) is 11.4 Å². The van der Waals surface area contributed by atoms with Crippen LogP contribution >= 0.6 is 23.2 Å². The van der Waals surface area contributed by atoms with Crippen molar-refractivity contribution in [1.82, 2.24) is 0 Å². The Morgan fingerprint density at radius 2 is 1.52 bits per heavy atom. The molecule has 0 aliphatic carbocycles. The maximum Gasteiger partial charge on any atom is 0.296 e. The third kappa shape index (κ3) is 4.83. The molecule has 0 fully saturated rings. The van der Waals surface area contributed by atoms with Gasteiger partial charge in [-0.15, -0.1) is 10.2 Å². The lowest BCUT2D eigenvalue weighted by atomic mass is 10.1. The minimum absolute atomic E-state index is 0.00105. The first kappa shape index (κ1) is 22.7. The molecule has 33 heavy (non-hydrogen) atoms. The van der Waals surface area contributed by atoms with Crippen molar-refractivity contribution in [2.75, 3.05) is 4.72 Å². The highest BCUT2D eigenvalue weighted by Crippen LogP contribution is 2.40. The van der Waals surface area contributed by atoms with Crippen molar-refractivity contribution in [2.24, 2.45) is 10.2 Å². The maximum atomic E-state index is 12.9. The van der Waals surface area contributed by atoms with Crippen molar-refractivity contribution >= 4 is 61.3 Å². The summed E-state index contributed by atoms with van der Waals surface area (Å²) in [5.74, 6) is -0.966. The lowest BCUT2D eigenvalue weighted by Gasteiger charge is -2.13. The molecule has 0 aliphatic heterocycles. The van der Waals surface area contributed by atoms with Gasteiger partial charge in [-0.05, 0) is 42.5 Å². The summed E-state index contributed by atoms with van der Waals surface area (Å²) in [6, 6.07) is 19.9. The van der Waals surface area contributed by atoms with Gasteiger partial charge in [0.05, 0.1) is 21.2 Å². The van der Waals surface area contributed by atoms with Crippen LogP contribution < -0.4 is 4.72 Å². The van der Waals surface area contributed by atoms with Gasteiger partial charge in [0, 0.05) is 15.8 Å². The van der Waals surface area contributed by atoms with Crippen LogP contribution in [0.15, 0.2) is 94.0 Å². The molecular weight excluding hydrogens is 485 g/mol. The van der Waals surface area contributed by atoms with E-state index in [1.54, 1.807) is 42.5 Å². The Labute approximate surface area is 199 Å². The number of hydrogen-bond acceptors (Lipinski definition) is 5. The Morgan fingerprint density at radius 3 is 2.21 bits per heavy atom. The van der Waals surface area contributed by atoms with Crippen molar-refractivity contribution < 1.29 is 18.3 Å². The van der Waals surface area contributed by atoms with Gasteiger partial charge in [-0.1, -0.05) is 59.6 Å². The summed E-state index contributed by atoms with van der Waals surface area (Å²) < 4.78 is 28.3. The maximum absolute atomic E-state index is 12.9. The Bertz CT molecular complexity index is 1500. The molecule has 0 aliphatic rings. The molecule has 2 N–H and O–H groups in total. The lowest BCUT2D eigenvalue weighted by Crippen LogP contribution is -2.13. The van der Waals surface area contributed by atoms with Crippen molar-refractivity contribution in [3.05, 3.63) is 94.5 Å². The van der Waals surface area contributed by atoms with Gasteiger partial charge in [-0.2, -0.15) is 0 Å². The molecule has 0 atom stereocenters. The van der Waals surface area contributed by atoms with Crippen molar-refractivity contribution in [3.8, 4) is 5.75 Å². The number of carbonyl (C=O) groups excluding carboxylic acids is 1. The monoisotopic (exact) mass is 499 g/mol. The zero-order valence-electron chi connectivity index (χ0n) is 16.7. The number of hydrogen-bond donors (Lipinski definition) is 2. The molecule has 0 unspecified atom stereocenters. The van der Waals surface area contributed by atoms with Gasteiger partial charge < -0.3 is 5.11 Å². The predicted octanol–water partition coefficient (Wildman–Crippen LogP) is 6.58. The summed E-state index contributed by atoms with van der Waals surface area (Å²) >= 11 is 11.9. The molecule has 4 aromatic rings. The Balaban J connectivity index is 1.76. The van der Waals surface area contributed by atoms with Crippen LogP contribution in [-0.4, -0.2) is 19.4 Å². The molecular formula is C23H15Cl2N3O4S. The fourth-order valence-electron chi connectivity index (χ4n) is 3.11. The van der Waals surface area contributed by atoms with E-state index in [2.05, 4.69) is 15.0 Å². The number of nitrogens with zero attached hydrogens (tertiary/aromatic N) is 2. The number of nitrogens with one attached hydrogen (secondary N) is 1. The van der Waals surface area contributed by atoms with Gasteiger partial charge in [-0.3, -0.25) is 9.52 Å². The van der Waals surface area contributed by atoms with E-state index in [4.69, 9.17) is 23.2 Å². The normalized spacial score (nSPS) is 11.7. The van der Waals surface area contributed by atoms with E-state index in [9.17, 15) is 18.3 Å². The SMILES string of the molecule is O=C(N=Nc1cc(NS(=O)(=O)c2ccc(Cl)cc2)c2ccccc2c1O)c1ccccc1Cl. The number of phenols is 1. The second kappa shape index (κ2) is 9.19. The molecule has 0 bridgehead atoms. The van der Waals surface area contributed by atoms with Crippen molar-refractivity contribution in [1.29, 1.82) is 0 Å². The Hall–Kier alpha value is -3.46. The van der Waals surface area contributed by atoms with E-state index >= 15 is 0 Å². The molecule has 4 aromatic carbocycles. The Morgan fingerprint density at radius 1 is 0.879 bits per heavy atom. The summed E-state index contributed by atoms with van der Waals surface area (Å²) in [6.07, 6.45) is 0. The number of anilines is 1. The number of fused-ring (bicyclic) bond motifs is 1. The van der Waals surface area contributed by atoms with E-state index in [1.165, 1.54) is 36.4 Å². The first-order valence-electron chi connectivity index (χ1n) is 9.50. The van der Waals surface area contributed by atoms with Gasteiger partial charge in [0.2, 0.25) is 0 Å². The summed E-state index contributed by atoms with van der Waals surface area (Å²) in [6.45, 7) is 0. The summed E-state index contributed by atoms with van der Waals surface area (Å²) in [5.41, 5.74) is 0.201. The number of aromatic hydroxyl groups is 1.